The Morgan fingerprint density at radius 3 is 2.41 bits per heavy atom. The van der Waals surface area contributed by atoms with E-state index in [4.69, 9.17) is 0 Å². The molecule has 1 amide bonds. The molecule has 0 spiro atoms. The van der Waals surface area contributed by atoms with E-state index in [2.05, 4.69) is 15.1 Å². The summed E-state index contributed by atoms with van der Waals surface area (Å²) < 4.78 is 27.6. The molecule has 0 saturated carbocycles. The molecule has 3 aliphatic rings. The van der Waals surface area contributed by atoms with Crippen LogP contribution in [-0.2, 0) is 4.79 Å². The van der Waals surface area contributed by atoms with Crippen molar-refractivity contribution in [1.29, 1.82) is 0 Å². The summed E-state index contributed by atoms with van der Waals surface area (Å²) in [6, 6.07) is 11.8. The number of fused-ring (bicyclic) bond motifs is 3. The molecule has 2 fully saturated rings. The van der Waals surface area contributed by atoms with Gasteiger partial charge in [0, 0.05) is 69.0 Å². The van der Waals surface area contributed by atoms with E-state index < -0.39 is 0 Å². The van der Waals surface area contributed by atoms with Gasteiger partial charge in [0.05, 0.1) is 0 Å². The molecule has 3 heterocycles. The first-order valence-electron chi connectivity index (χ1n) is 11.7. The van der Waals surface area contributed by atoms with Gasteiger partial charge in [0.25, 0.3) is 0 Å². The van der Waals surface area contributed by atoms with Crippen LogP contribution in [0.25, 0.3) is 0 Å². The van der Waals surface area contributed by atoms with Crippen molar-refractivity contribution in [3.05, 3.63) is 59.7 Å². The van der Waals surface area contributed by atoms with Crippen molar-refractivity contribution in [3.63, 3.8) is 0 Å². The van der Waals surface area contributed by atoms with Crippen LogP contribution in [-0.4, -0.2) is 67.6 Å². The molecule has 0 aliphatic carbocycles. The minimum Gasteiger partial charge on any atom is -0.340 e. The van der Waals surface area contributed by atoms with E-state index in [1.165, 1.54) is 18.2 Å². The number of nitrogens with zero attached hydrogens (tertiary/aromatic N) is 3. The Kier molecular flexibility index (Phi) is 9.15. The highest BCUT2D eigenvalue weighted by Gasteiger charge is 2.42. The molecule has 2 saturated heterocycles. The molecule has 2 aromatic rings. The number of piperidine rings is 1. The number of hydrogen-bond acceptors (Lipinski definition) is 4. The molecule has 186 valence electrons. The Hall–Kier alpha value is -1.93. The van der Waals surface area contributed by atoms with Crippen LogP contribution in [0.2, 0.25) is 0 Å². The first-order chi connectivity index (χ1) is 15.6. The molecule has 2 aromatic carbocycles. The van der Waals surface area contributed by atoms with Crippen molar-refractivity contribution in [2.24, 2.45) is 0 Å². The van der Waals surface area contributed by atoms with Crippen LogP contribution >= 0.6 is 24.8 Å². The monoisotopic (exact) mass is 512 g/mol. The largest absolute Gasteiger partial charge is 0.340 e. The number of halogens is 4. The fourth-order valence-electron chi connectivity index (χ4n) is 5.50. The fourth-order valence-corrected chi connectivity index (χ4v) is 5.50. The number of likely N-dealkylation sites (tertiary alicyclic amines) is 1. The van der Waals surface area contributed by atoms with Crippen LogP contribution < -0.4 is 10.2 Å². The Balaban J connectivity index is 0.00000162. The minimum absolute atomic E-state index is 0. The van der Waals surface area contributed by atoms with Gasteiger partial charge in [-0.3, -0.25) is 4.79 Å². The molecule has 9 heteroatoms. The second kappa shape index (κ2) is 11.7. The molecule has 0 bridgehead atoms. The third-order valence-corrected chi connectivity index (χ3v) is 7.08. The molecule has 2 atom stereocenters. The summed E-state index contributed by atoms with van der Waals surface area (Å²) in [7, 11) is 0. The number of carbonyl (C=O) groups is 1. The first-order valence-corrected chi connectivity index (χ1v) is 11.7. The number of carbonyl (C=O) groups excluding carboxylic acids is 1. The predicted octanol–water partition coefficient (Wildman–Crippen LogP) is 4.33. The number of amides is 1. The van der Waals surface area contributed by atoms with Gasteiger partial charge in [-0.05, 0) is 67.4 Å². The van der Waals surface area contributed by atoms with Gasteiger partial charge < -0.3 is 20.0 Å². The van der Waals surface area contributed by atoms with Gasteiger partial charge in [-0.25, -0.2) is 8.78 Å². The Labute approximate surface area is 212 Å². The predicted molar refractivity (Wildman–Crippen MR) is 136 cm³/mol. The van der Waals surface area contributed by atoms with Gasteiger partial charge in [-0.15, -0.1) is 24.8 Å². The first kappa shape index (κ1) is 26.7. The molecule has 3 aliphatic heterocycles. The van der Waals surface area contributed by atoms with E-state index in [0.717, 1.165) is 75.6 Å². The molecule has 34 heavy (non-hydrogen) atoms. The highest BCUT2D eigenvalue weighted by atomic mass is 35.5. The molecule has 2 unspecified atom stereocenters. The summed E-state index contributed by atoms with van der Waals surface area (Å²) >= 11 is 0. The van der Waals surface area contributed by atoms with Crippen molar-refractivity contribution in [2.75, 3.05) is 50.7 Å². The van der Waals surface area contributed by atoms with Crippen LogP contribution in [0.3, 0.4) is 0 Å². The second-order valence-corrected chi connectivity index (χ2v) is 9.05. The second-order valence-electron chi connectivity index (χ2n) is 9.05. The van der Waals surface area contributed by atoms with Crippen LogP contribution in [0.5, 0.6) is 0 Å². The van der Waals surface area contributed by atoms with E-state index >= 15 is 0 Å². The van der Waals surface area contributed by atoms with Crippen LogP contribution in [0.4, 0.5) is 20.2 Å². The van der Waals surface area contributed by atoms with Gasteiger partial charge in [0.1, 0.15) is 11.6 Å². The molecular formula is C25H32Cl2F2N4O. The standard InChI is InChI=1S/C25H30F2N4O.2ClH/c26-18-3-6-20(7-4-18)31-23-8-5-19(27)16-21(23)22-17-29(13-9-24(22)31)12-1-2-25(32)30-14-10-28-11-15-30;;/h3-8,16,22,24,28H,1-2,9-15,17H2;2*1H. The Bertz CT molecular complexity index is 972. The zero-order valence-corrected chi connectivity index (χ0v) is 20.7. The Morgan fingerprint density at radius 2 is 1.68 bits per heavy atom. The molecule has 1 N–H and O–H groups in total. The maximum absolute atomic E-state index is 14.1. The highest BCUT2D eigenvalue weighted by molar-refractivity contribution is 5.85. The van der Waals surface area contributed by atoms with Crippen molar-refractivity contribution in [2.45, 2.75) is 31.2 Å². The number of piperazine rings is 1. The fraction of sp³-hybridized carbons (Fsp3) is 0.480. The van der Waals surface area contributed by atoms with E-state index in [9.17, 15) is 13.6 Å². The quantitative estimate of drug-likeness (QED) is 0.646. The SMILES string of the molecule is Cl.Cl.O=C(CCCN1CCC2C(C1)c1cc(F)ccc1N2c1ccc(F)cc1)N1CCNCC1. The minimum atomic E-state index is -0.256. The number of rotatable bonds is 5. The number of anilines is 2. The lowest BCUT2D eigenvalue weighted by Gasteiger charge is -2.39. The summed E-state index contributed by atoms with van der Waals surface area (Å²) in [6.07, 6.45) is 2.37. The highest BCUT2D eigenvalue weighted by Crippen LogP contribution is 2.48. The van der Waals surface area contributed by atoms with Gasteiger partial charge in [-0.2, -0.15) is 0 Å². The summed E-state index contributed by atoms with van der Waals surface area (Å²) in [5, 5.41) is 3.28. The summed E-state index contributed by atoms with van der Waals surface area (Å²) in [4.78, 5) is 19.1. The van der Waals surface area contributed by atoms with E-state index in [-0.39, 0.29) is 54.3 Å². The lowest BCUT2D eigenvalue weighted by Crippen LogP contribution is -2.47. The Morgan fingerprint density at radius 1 is 0.971 bits per heavy atom. The molecule has 0 radical (unpaired) electrons. The van der Waals surface area contributed by atoms with Crippen molar-refractivity contribution in [1.82, 2.24) is 15.1 Å². The lowest BCUT2D eigenvalue weighted by atomic mass is 9.89. The van der Waals surface area contributed by atoms with Crippen LogP contribution in [0.1, 0.15) is 30.7 Å². The summed E-state index contributed by atoms with van der Waals surface area (Å²) in [5.74, 6) is -0.0308. The molecule has 0 aromatic heterocycles. The summed E-state index contributed by atoms with van der Waals surface area (Å²) in [5.41, 5.74) is 2.99. The maximum atomic E-state index is 14.1. The van der Waals surface area contributed by atoms with E-state index in [1.807, 2.05) is 11.0 Å². The molecule has 5 nitrogen and oxygen atoms in total. The van der Waals surface area contributed by atoms with Crippen molar-refractivity contribution >= 4 is 42.1 Å². The third-order valence-electron chi connectivity index (χ3n) is 7.08. The van der Waals surface area contributed by atoms with Gasteiger partial charge >= 0.3 is 0 Å². The third kappa shape index (κ3) is 5.48. The van der Waals surface area contributed by atoms with Crippen molar-refractivity contribution < 1.29 is 13.6 Å². The average Bonchev–Trinajstić information content (AvgIpc) is 3.13. The van der Waals surface area contributed by atoms with E-state index in [0.29, 0.717) is 6.42 Å². The number of benzene rings is 2. The topological polar surface area (TPSA) is 38.8 Å². The summed E-state index contributed by atoms with van der Waals surface area (Å²) in [6.45, 7) is 6.02. The molecular weight excluding hydrogens is 481 g/mol. The van der Waals surface area contributed by atoms with Gasteiger partial charge in [-0.1, -0.05) is 0 Å². The normalized spacial score (nSPS) is 21.8. The van der Waals surface area contributed by atoms with Crippen LogP contribution in [0.15, 0.2) is 42.5 Å². The van der Waals surface area contributed by atoms with Gasteiger partial charge in [0.15, 0.2) is 0 Å². The molecule has 5 rings (SSSR count). The number of nitrogens with one attached hydrogen (secondary N) is 1. The van der Waals surface area contributed by atoms with E-state index in [1.54, 1.807) is 18.2 Å². The zero-order chi connectivity index (χ0) is 22.1. The number of hydrogen-bond donors (Lipinski definition) is 1. The average molecular weight is 513 g/mol. The zero-order valence-electron chi connectivity index (χ0n) is 19.1. The maximum Gasteiger partial charge on any atom is 0.222 e. The smallest absolute Gasteiger partial charge is 0.222 e. The lowest BCUT2D eigenvalue weighted by molar-refractivity contribution is -0.131. The van der Waals surface area contributed by atoms with Crippen molar-refractivity contribution in [3.8, 4) is 0 Å². The van der Waals surface area contributed by atoms with Crippen LogP contribution in [0, 0.1) is 11.6 Å². The van der Waals surface area contributed by atoms with Gasteiger partial charge in [0.2, 0.25) is 5.91 Å².